The molecule has 0 saturated heterocycles. The van der Waals surface area contributed by atoms with E-state index in [1.807, 2.05) is 79.7 Å². The average molecular weight is 465 g/mol. The van der Waals surface area contributed by atoms with Gasteiger partial charge < -0.3 is 15.0 Å². The maximum atomic E-state index is 13.6. The van der Waals surface area contributed by atoms with Gasteiger partial charge in [-0.1, -0.05) is 72.3 Å². The number of hydrogen-bond acceptors (Lipinski definition) is 3. The Bertz CT molecular complexity index is 1050. The second kappa shape index (κ2) is 12.1. The highest BCUT2D eigenvalue weighted by atomic mass is 35.5. The predicted molar refractivity (Wildman–Crippen MR) is 131 cm³/mol. The zero-order valence-corrected chi connectivity index (χ0v) is 19.7. The lowest BCUT2D eigenvalue weighted by Crippen LogP contribution is -2.51. The van der Waals surface area contributed by atoms with Crippen molar-refractivity contribution in [1.29, 1.82) is 0 Å². The van der Waals surface area contributed by atoms with Crippen molar-refractivity contribution in [3.8, 4) is 5.75 Å². The van der Waals surface area contributed by atoms with E-state index in [2.05, 4.69) is 5.32 Å². The highest BCUT2D eigenvalue weighted by Crippen LogP contribution is 2.22. The first-order valence-corrected chi connectivity index (χ1v) is 11.4. The molecule has 3 aromatic carbocycles. The summed E-state index contributed by atoms with van der Waals surface area (Å²) >= 11 is 6.42. The number of methoxy groups -OCH3 is 1. The van der Waals surface area contributed by atoms with Crippen LogP contribution in [0.25, 0.3) is 0 Å². The van der Waals surface area contributed by atoms with Crippen LogP contribution in [0.4, 0.5) is 0 Å². The third-order valence-corrected chi connectivity index (χ3v) is 5.80. The standard InChI is InChI=1S/C27H29ClN2O3/c1-3-29-27(32)25(17-20-9-5-4-6-10-20)30(19-22-11-7-8-12-24(22)28)26(31)18-21-13-15-23(33-2)16-14-21/h4-16,25H,3,17-19H2,1-2H3,(H,29,32)/t25-/m0/s1. The number of carbonyl (C=O) groups is 2. The number of ether oxygens (including phenoxy) is 1. The lowest BCUT2D eigenvalue weighted by Gasteiger charge is -2.32. The summed E-state index contributed by atoms with van der Waals surface area (Å²) in [6.07, 6.45) is 0.574. The van der Waals surface area contributed by atoms with E-state index in [-0.39, 0.29) is 24.8 Å². The predicted octanol–water partition coefficient (Wildman–Crippen LogP) is 4.67. The number of nitrogens with one attached hydrogen (secondary N) is 1. The quantitative estimate of drug-likeness (QED) is 0.474. The van der Waals surface area contributed by atoms with Crippen LogP contribution < -0.4 is 10.1 Å². The van der Waals surface area contributed by atoms with E-state index in [0.29, 0.717) is 18.0 Å². The molecular weight excluding hydrogens is 436 g/mol. The van der Waals surface area contributed by atoms with Gasteiger partial charge in [-0.2, -0.15) is 0 Å². The van der Waals surface area contributed by atoms with Gasteiger partial charge in [-0.05, 0) is 41.8 Å². The van der Waals surface area contributed by atoms with E-state index >= 15 is 0 Å². The molecule has 33 heavy (non-hydrogen) atoms. The van der Waals surface area contributed by atoms with Crippen molar-refractivity contribution >= 4 is 23.4 Å². The van der Waals surface area contributed by atoms with Gasteiger partial charge in [0.2, 0.25) is 11.8 Å². The minimum Gasteiger partial charge on any atom is -0.497 e. The van der Waals surface area contributed by atoms with Crippen LogP contribution in [-0.2, 0) is 29.0 Å². The number of amides is 2. The second-order valence-corrected chi connectivity index (χ2v) is 8.15. The number of likely N-dealkylation sites (N-methyl/N-ethyl adjacent to an activating group) is 1. The number of carbonyl (C=O) groups excluding carboxylic acids is 2. The van der Waals surface area contributed by atoms with Gasteiger partial charge in [-0.15, -0.1) is 0 Å². The molecular formula is C27H29ClN2O3. The molecule has 0 unspecified atom stereocenters. The Hall–Kier alpha value is -3.31. The Morgan fingerprint density at radius 3 is 2.24 bits per heavy atom. The Balaban J connectivity index is 1.94. The molecule has 5 nitrogen and oxygen atoms in total. The van der Waals surface area contributed by atoms with Crippen LogP contribution in [0.3, 0.4) is 0 Å². The molecule has 2 amide bonds. The fourth-order valence-corrected chi connectivity index (χ4v) is 3.87. The summed E-state index contributed by atoms with van der Waals surface area (Å²) in [6, 6.07) is 23.8. The molecule has 1 atom stereocenters. The molecule has 172 valence electrons. The van der Waals surface area contributed by atoms with Gasteiger partial charge in [-0.3, -0.25) is 9.59 Å². The van der Waals surface area contributed by atoms with E-state index in [1.165, 1.54) is 0 Å². The number of benzene rings is 3. The van der Waals surface area contributed by atoms with Gasteiger partial charge in [0.15, 0.2) is 0 Å². The van der Waals surface area contributed by atoms with E-state index in [0.717, 1.165) is 22.4 Å². The molecule has 0 saturated carbocycles. The Morgan fingerprint density at radius 2 is 1.61 bits per heavy atom. The first kappa shape index (κ1) is 24.3. The van der Waals surface area contributed by atoms with Crippen LogP contribution in [0.2, 0.25) is 5.02 Å². The molecule has 0 aliphatic heterocycles. The fourth-order valence-electron chi connectivity index (χ4n) is 3.68. The first-order valence-electron chi connectivity index (χ1n) is 11.0. The van der Waals surface area contributed by atoms with Crippen LogP contribution in [0.15, 0.2) is 78.9 Å². The highest BCUT2D eigenvalue weighted by molar-refractivity contribution is 6.31. The molecule has 0 aromatic heterocycles. The SMILES string of the molecule is CCNC(=O)[C@H](Cc1ccccc1)N(Cc1ccccc1Cl)C(=O)Cc1ccc(OC)cc1. The van der Waals surface area contributed by atoms with E-state index < -0.39 is 6.04 Å². The third kappa shape index (κ3) is 6.83. The number of hydrogen-bond donors (Lipinski definition) is 1. The van der Waals surface area contributed by atoms with Crippen LogP contribution in [0.5, 0.6) is 5.75 Å². The summed E-state index contributed by atoms with van der Waals surface area (Å²) in [5.74, 6) is 0.396. The zero-order chi connectivity index (χ0) is 23.6. The smallest absolute Gasteiger partial charge is 0.243 e. The van der Waals surface area contributed by atoms with Crippen molar-refractivity contribution in [2.75, 3.05) is 13.7 Å². The summed E-state index contributed by atoms with van der Waals surface area (Å²) in [5.41, 5.74) is 2.62. The molecule has 0 fully saturated rings. The molecule has 3 rings (SSSR count). The summed E-state index contributed by atoms with van der Waals surface area (Å²) in [5, 5.41) is 3.46. The fraction of sp³-hybridized carbons (Fsp3) is 0.259. The summed E-state index contributed by atoms with van der Waals surface area (Å²) in [6.45, 7) is 2.59. The van der Waals surface area contributed by atoms with Crippen LogP contribution in [-0.4, -0.2) is 36.4 Å². The van der Waals surface area contributed by atoms with Gasteiger partial charge in [0.05, 0.1) is 13.5 Å². The summed E-state index contributed by atoms with van der Waals surface area (Å²) < 4.78 is 5.21. The van der Waals surface area contributed by atoms with E-state index in [9.17, 15) is 9.59 Å². The molecule has 3 aromatic rings. The topological polar surface area (TPSA) is 58.6 Å². The first-order chi connectivity index (χ1) is 16.0. The van der Waals surface area contributed by atoms with Gasteiger partial charge in [-0.25, -0.2) is 0 Å². The number of halogens is 1. The number of rotatable bonds is 10. The third-order valence-electron chi connectivity index (χ3n) is 5.44. The Labute approximate surface area is 200 Å². The van der Waals surface area contributed by atoms with Crippen molar-refractivity contribution in [3.63, 3.8) is 0 Å². The summed E-state index contributed by atoms with van der Waals surface area (Å²) in [7, 11) is 1.60. The molecule has 0 bridgehead atoms. The molecule has 0 radical (unpaired) electrons. The van der Waals surface area contributed by atoms with Crippen molar-refractivity contribution < 1.29 is 14.3 Å². The second-order valence-electron chi connectivity index (χ2n) is 7.74. The van der Waals surface area contributed by atoms with E-state index in [1.54, 1.807) is 18.1 Å². The highest BCUT2D eigenvalue weighted by Gasteiger charge is 2.30. The zero-order valence-electron chi connectivity index (χ0n) is 19.0. The van der Waals surface area contributed by atoms with Crippen LogP contribution in [0, 0.1) is 0 Å². The van der Waals surface area contributed by atoms with Crippen molar-refractivity contribution in [3.05, 3.63) is 101 Å². The van der Waals surface area contributed by atoms with Crippen molar-refractivity contribution in [1.82, 2.24) is 10.2 Å². The minimum absolute atomic E-state index is 0.146. The monoisotopic (exact) mass is 464 g/mol. The lowest BCUT2D eigenvalue weighted by atomic mass is 10.0. The van der Waals surface area contributed by atoms with Crippen molar-refractivity contribution in [2.45, 2.75) is 32.4 Å². The van der Waals surface area contributed by atoms with Gasteiger partial charge in [0.25, 0.3) is 0 Å². The molecule has 0 spiro atoms. The number of nitrogens with zero attached hydrogens (tertiary/aromatic N) is 1. The maximum Gasteiger partial charge on any atom is 0.243 e. The largest absolute Gasteiger partial charge is 0.497 e. The molecule has 0 aliphatic rings. The molecule has 0 aliphatic carbocycles. The molecule has 1 N–H and O–H groups in total. The normalized spacial score (nSPS) is 11.5. The van der Waals surface area contributed by atoms with Gasteiger partial charge >= 0.3 is 0 Å². The Kier molecular flexibility index (Phi) is 8.90. The molecule has 6 heteroatoms. The van der Waals surface area contributed by atoms with Crippen LogP contribution in [0.1, 0.15) is 23.6 Å². The van der Waals surface area contributed by atoms with Gasteiger partial charge in [0, 0.05) is 24.5 Å². The lowest BCUT2D eigenvalue weighted by molar-refractivity contribution is -0.140. The minimum atomic E-state index is -0.672. The van der Waals surface area contributed by atoms with Crippen LogP contribution >= 0.6 is 11.6 Å². The molecule has 0 heterocycles. The van der Waals surface area contributed by atoms with Gasteiger partial charge in [0.1, 0.15) is 11.8 Å². The van der Waals surface area contributed by atoms with Crippen molar-refractivity contribution in [2.24, 2.45) is 0 Å². The Morgan fingerprint density at radius 1 is 0.939 bits per heavy atom. The summed E-state index contributed by atoms with van der Waals surface area (Å²) in [4.78, 5) is 28.4. The average Bonchev–Trinajstić information content (AvgIpc) is 2.83. The van der Waals surface area contributed by atoms with E-state index in [4.69, 9.17) is 16.3 Å². The maximum absolute atomic E-state index is 13.6.